The van der Waals surface area contributed by atoms with Gasteiger partial charge in [0.2, 0.25) is 0 Å². The molecule has 1 rings (SSSR count). The summed E-state index contributed by atoms with van der Waals surface area (Å²) in [4.78, 5) is 14.2. The molecule has 0 aliphatic carbocycles. The van der Waals surface area contributed by atoms with E-state index in [2.05, 4.69) is 25.7 Å². The Bertz CT molecular complexity index is 395. The zero-order chi connectivity index (χ0) is 14.5. The standard InChI is InChI=1S/C16H25NO2/c1-16(2,3)12-17(4)11-14(15(18)19-5)13-9-7-6-8-10-13/h6-10,14H,11-12H2,1-5H3. The highest BCUT2D eigenvalue weighted by atomic mass is 16.5. The van der Waals surface area contributed by atoms with E-state index in [1.54, 1.807) is 0 Å². The van der Waals surface area contributed by atoms with E-state index in [9.17, 15) is 4.79 Å². The van der Waals surface area contributed by atoms with Gasteiger partial charge in [0.25, 0.3) is 0 Å². The number of carbonyl (C=O) groups excluding carboxylic acids is 1. The van der Waals surface area contributed by atoms with Gasteiger partial charge < -0.3 is 9.64 Å². The topological polar surface area (TPSA) is 29.5 Å². The van der Waals surface area contributed by atoms with Crippen LogP contribution in [0.15, 0.2) is 30.3 Å². The molecule has 1 aromatic carbocycles. The Morgan fingerprint density at radius 1 is 1.26 bits per heavy atom. The van der Waals surface area contributed by atoms with E-state index in [1.165, 1.54) is 7.11 Å². The number of ether oxygens (including phenoxy) is 1. The minimum atomic E-state index is -0.224. The van der Waals surface area contributed by atoms with E-state index < -0.39 is 0 Å². The minimum absolute atomic E-state index is 0.174. The average Bonchev–Trinajstić information content (AvgIpc) is 2.34. The van der Waals surface area contributed by atoms with Crippen molar-refractivity contribution in [2.24, 2.45) is 5.41 Å². The van der Waals surface area contributed by atoms with Gasteiger partial charge >= 0.3 is 5.97 Å². The van der Waals surface area contributed by atoms with Gasteiger partial charge in [0, 0.05) is 13.1 Å². The first-order chi connectivity index (χ1) is 8.83. The van der Waals surface area contributed by atoms with Crippen LogP contribution < -0.4 is 0 Å². The molecule has 0 saturated heterocycles. The molecule has 0 aliphatic heterocycles. The van der Waals surface area contributed by atoms with E-state index in [1.807, 2.05) is 37.4 Å². The molecule has 3 nitrogen and oxygen atoms in total. The lowest BCUT2D eigenvalue weighted by molar-refractivity contribution is -0.143. The highest BCUT2D eigenvalue weighted by Gasteiger charge is 2.24. The summed E-state index contributed by atoms with van der Waals surface area (Å²) in [6, 6.07) is 9.82. The highest BCUT2D eigenvalue weighted by Crippen LogP contribution is 2.21. The molecule has 0 amide bonds. The number of nitrogens with zero attached hydrogens (tertiary/aromatic N) is 1. The number of hydrogen-bond donors (Lipinski definition) is 0. The molecule has 0 aliphatic rings. The van der Waals surface area contributed by atoms with Gasteiger partial charge in [0.15, 0.2) is 0 Å². The van der Waals surface area contributed by atoms with Crippen molar-refractivity contribution < 1.29 is 9.53 Å². The van der Waals surface area contributed by atoms with Crippen LogP contribution in [0.4, 0.5) is 0 Å². The van der Waals surface area contributed by atoms with Gasteiger partial charge in [0.05, 0.1) is 13.0 Å². The molecule has 0 aromatic heterocycles. The fourth-order valence-electron chi connectivity index (χ4n) is 2.33. The van der Waals surface area contributed by atoms with Gasteiger partial charge in [-0.1, -0.05) is 51.1 Å². The first-order valence-electron chi connectivity index (χ1n) is 6.65. The first kappa shape index (κ1) is 15.7. The number of likely N-dealkylation sites (N-methyl/N-ethyl adjacent to an activating group) is 1. The first-order valence-corrected chi connectivity index (χ1v) is 6.65. The van der Waals surface area contributed by atoms with Crippen LogP contribution in [0.2, 0.25) is 0 Å². The quantitative estimate of drug-likeness (QED) is 0.765. The fourth-order valence-corrected chi connectivity index (χ4v) is 2.33. The molecule has 1 aromatic rings. The maximum Gasteiger partial charge on any atom is 0.314 e. The lowest BCUT2D eigenvalue weighted by atomic mass is 9.94. The molecular formula is C16H25NO2. The smallest absolute Gasteiger partial charge is 0.314 e. The third kappa shape index (κ3) is 5.43. The Labute approximate surface area is 116 Å². The Hall–Kier alpha value is -1.35. The summed E-state index contributed by atoms with van der Waals surface area (Å²) in [5, 5.41) is 0. The van der Waals surface area contributed by atoms with Gasteiger partial charge in [-0.2, -0.15) is 0 Å². The van der Waals surface area contributed by atoms with Crippen molar-refractivity contribution in [3.63, 3.8) is 0 Å². The lowest BCUT2D eigenvalue weighted by Crippen LogP contribution is -2.35. The van der Waals surface area contributed by atoms with Crippen LogP contribution in [0.25, 0.3) is 0 Å². The number of rotatable bonds is 5. The van der Waals surface area contributed by atoms with Crippen LogP contribution in [0.5, 0.6) is 0 Å². The normalized spacial score (nSPS) is 13.4. The summed E-state index contributed by atoms with van der Waals surface area (Å²) in [7, 11) is 3.49. The van der Waals surface area contributed by atoms with Crippen molar-refractivity contribution in [2.45, 2.75) is 26.7 Å². The van der Waals surface area contributed by atoms with E-state index in [0.29, 0.717) is 6.54 Å². The second-order valence-electron chi connectivity index (χ2n) is 6.24. The third-order valence-corrected chi connectivity index (χ3v) is 2.93. The molecule has 0 N–H and O–H groups in total. The van der Waals surface area contributed by atoms with Crippen LogP contribution in [-0.4, -0.2) is 38.1 Å². The van der Waals surface area contributed by atoms with Crippen LogP contribution >= 0.6 is 0 Å². The monoisotopic (exact) mass is 263 g/mol. The molecular weight excluding hydrogens is 238 g/mol. The molecule has 0 radical (unpaired) electrons. The number of methoxy groups -OCH3 is 1. The number of benzene rings is 1. The molecule has 1 unspecified atom stereocenters. The summed E-state index contributed by atoms with van der Waals surface area (Å²) in [5.74, 6) is -0.398. The van der Waals surface area contributed by atoms with E-state index in [0.717, 1.165) is 12.1 Å². The molecule has 0 bridgehead atoms. The summed E-state index contributed by atoms with van der Waals surface area (Å²) in [6.45, 7) is 8.19. The summed E-state index contributed by atoms with van der Waals surface area (Å²) in [6.07, 6.45) is 0. The van der Waals surface area contributed by atoms with Crippen molar-refractivity contribution in [2.75, 3.05) is 27.2 Å². The fraction of sp³-hybridized carbons (Fsp3) is 0.562. The predicted molar refractivity (Wildman–Crippen MR) is 78.2 cm³/mol. The van der Waals surface area contributed by atoms with Gasteiger partial charge in [-0.05, 0) is 18.0 Å². The highest BCUT2D eigenvalue weighted by molar-refractivity contribution is 5.78. The van der Waals surface area contributed by atoms with Crippen molar-refractivity contribution >= 4 is 5.97 Å². The Morgan fingerprint density at radius 2 is 1.84 bits per heavy atom. The number of esters is 1. The van der Waals surface area contributed by atoms with E-state index in [-0.39, 0.29) is 17.3 Å². The summed E-state index contributed by atoms with van der Waals surface area (Å²) in [5.41, 5.74) is 1.22. The van der Waals surface area contributed by atoms with Crippen LogP contribution in [0.1, 0.15) is 32.3 Å². The number of carbonyl (C=O) groups is 1. The summed E-state index contributed by atoms with van der Waals surface area (Å²) < 4.78 is 4.93. The molecule has 0 fully saturated rings. The van der Waals surface area contributed by atoms with Crippen molar-refractivity contribution in [3.05, 3.63) is 35.9 Å². The second kappa shape index (κ2) is 6.71. The molecule has 3 heteroatoms. The lowest BCUT2D eigenvalue weighted by Gasteiger charge is -2.29. The van der Waals surface area contributed by atoms with Gasteiger partial charge in [-0.25, -0.2) is 0 Å². The molecule has 19 heavy (non-hydrogen) atoms. The Kier molecular flexibility index (Phi) is 5.55. The van der Waals surface area contributed by atoms with Crippen LogP contribution in [0, 0.1) is 5.41 Å². The average molecular weight is 263 g/mol. The zero-order valence-electron chi connectivity index (χ0n) is 12.6. The molecule has 0 saturated carbocycles. The van der Waals surface area contributed by atoms with Gasteiger partial charge in [-0.15, -0.1) is 0 Å². The van der Waals surface area contributed by atoms with Crippen molar-refractivity contribution in [3.8, 4) is 0 Å². The Balaban J connectivity index is 2.79. The molecule has 0 heterocycles. The Morgan fingerprint density at radius 3 is 2.32 bits per heavy atom. The molecule has 106 valence electrons. The van der Waals surface area contributed by atoms with Gasteiger partial charge in [0.1, 0.15) is 0 Å². The largest absolute Gasteiger partial charge is 0.469 e. The minimum Gasteiger partial charge on any atom is -0.469 e. The second-order valence-corrected chi connectivity index (χ2v) is 6.24. The number of hydrogen-bond acceptors (Lipinski definition) is 3. The van der Waals surface area contributed by atoms with Crippen molar-refractivity contribution in [1.29, 1.82) is 0 Å². The zero-order valence-corrected chi connectivity index (χ0v) is 12.6. The predicted octanol–water partition coefficient (Wildman–Crippen LogP) is 2.92. The van der Waals surface area contributed by atoms with Gasteiger partial charge in [-0.3, -0.25) is 4.79 Å². The molecule has 1 atom stereocenters. The van der Waals surface area contributed by atoms with E-state index >= 15 is 0 Å². The van der Waals surface area contributed by atoms with Crippen LogP contribution in [-0.2, 0) is 9.53 Å². The molecule has 0 spiro atoms. The maximum atomic E-state index is 12.0. The van der Waals surface area contributed by atoms with Crippen molar-refractivity contribution in [1.82, 2.24) is 4.90 Å². The maximum absolute atomic E-state index is 12.0. The van der Waals surface area contributed by atoms with E-state index in [4.69, 9.17) is 4.74 Å². The SMILES string of the molecule is COC(=O)C(CN(C)CC(C)(C)C)c1ccccc1. The van der Waals surface area contributed by atoms with Crippen LogP contribution in [0.3, 0.4) is 0 Å². The third-order valence-electron chi connectivity index (χ3n) is 2.93. The summed E-state index contributed by atoms with van der Waals surface area (Å²) >= 11 is 0.